The van der Waals surface area contributed by atoms with E-state index in [-0.39, 0.29) is 75.6 Å². The molecule has 0 saturated carbocycles. The van der Waals surface area contributed by atoms with Gasteiger partial charge in [0.05, 0.1) is 77.5 Å². The molecule has 0 spiro atoms. The van der Waals surface area contributed by atoms with Crippen LogP contribution in [-0.4, -0.2) is 162 Å². The normalized spacial score (nSPS) is 13.4. The Morgan fingerprint density at radius 3 is 2.04 bits per heavy atom. The third-order valence-corrected chi connectivity index (χ3v) is 8.19. The van der Waals surface area contributed by atoms with Crippen LogP contribution in [0.2, 0.25) is 0 Å². The lowest BCUT2D eigenvalue weighted by Crippen LogP contribution is -2.52. The molecule has 3 amide bonds. The monoisotopic (exact) mass is 798 g/mol. The van der Waals surface area contributed by atoms with Gasteiger partial charge in [-0.25, -0.2) is 0 Å². The van der Waals surface area contributed by atoms with Crippen molar-refractivity contribution >= 4 is 35.1 Å². The van der Waals surface area contributed by atoms with Gasteiger partial charge in [0.25, 0.3) is 0 Å². The molecule has 1 aromatic carbocycles. The van der Waals surface area contributed by atoms with Crippen molar-refractivity contribution in [2.45, 2.75) is 69.6 Å². The van der Waals surface area contributed by atoms with Crippen LogP contribution in [0.4, 0.5) is 0 Å². The van der Waals surface area contributed by atoms with Crippen LogP contribution in [-0.2, 0) is 58.9 Å². The molecule has 0 aromatic heterocycles. The molecule has 0 aliphatic rings. The fourth-order valence-electron chi connectivity index (χ4n) is 4.86. The second kappa shape index (κ2) is 31.2. The molecule has 0 unspecified atom stereocenters. The van der Waals surface area contributed by atoms with Crippen LogP contribution in [0.1, 0.15) is 44.6 Å². The number of hydrogen-bond donors (Lipinski definition) is 8. The summed E-state index contributed by atoms with van der Waals surface area (Å²) in [5.74, 6) is -2.45. The van der Waals surface area contributed by atoms with E-state index in [2.05, 4.69) is 21.3 Å². The first-order chi connectivity index (χ1) is 26.9. The minimum atomic E-state index is -1.13. The number of Topliss-reactive ketones (excluding diaryl/α,β-unsaturated/α-hetero) is 3. The maximum Gasteiger partial charge on any atom is 0.245 e. The number of benzene rings is 1. The number of phenols is 1. The molecule has 318 valence electrons. The van der Waals surface area contributed by atoms with Crippen molar-refractivity contribution in [1.29, 1.82) is 0 Å². The number of hydrogen-bond acceptors (Lipinski definition) is 16. The lowest BCUT2D eigenvalue weighted by molar-refractivity contribution is -0.128. The van der Waals surface area contributed by atoms with Gasteiger partial charge in [-0.1, -0.05) is 12.1 Å². The zero-order chi connectivity index (χ0) is 41.6. The quantitative estimate of drug-likeness (QED) is 0.0330. The predicted molar refractivity (Wildman–Crippen MR) is 204 cm³/mol. The van der Waals surface area contributed by atoms with Crippen molar-refractivity contribution in [3.63, 3.8) is 0 Å². The highest BCUT2D eigenvalue weighted by Gasteiger charge is 2.24. The SMILES string of the molecule is COCCOCCOCC(=O)CCCOCCOCC(=O)NCCCC[C@H](NCC(=O)[C@@H](C)NC(=O)[C@@H](N)Cc1ccc(O)cc1)C(=O)CN[C@@H](CO)C(N)=O. The summed E-state index contributed by atoms with van der Waals surface area (Å²) in [6.45, 7) is 2.99. The second-order valence-electron chi connectivity index (χ2n) is 12.9. The molecular formula is C37H62N6O13. The van der Waals surface area contributed by atoms with Crippen LogP contribution in [0.5, 0.6) is 5.75 Å². The Morgan fingerprint density at radius 2 is 1.38 bits per heavy atom. The lowest BCUT2D eigenvalue weighted by Gasteiger charge is -2.21. The smallest absolute Gasteiger partial charge is 0.245 e. The van der Waals surface area contributed by atoms with E-state index in [4.69, 9.17) is 35.2 Å². The number of rotatable bonds is 36. The number of nitrogens with one attached hydrogen (secondary N) is 4. The minimum absolute atomic E-state index is 0.0214. The van der Waals surface area contributed by atoms with Gasteiger partial charge in [0.1, 0.15) is 25.0 Å². The number of aromatic hydroxyl groups is 1. The molecular weight excluding hydrogens is 736 g/mol. The molecule has 0 aliphatic carbocycles. The number of ether oxygens (including phenoxy) is 5. The van der Waals surface area contributed by atoms with Gasteiger partial charge >= 0.3 is 0 Å². The molecule has 10 N–H and O–H groups in total. The highest BCUT2D eigenvalue weighted by molar-refractivity contribution is 5.92. The average Bonchev–Trinajstić information content (AvgIpc) is 3.17. The van der Waals surface area contributed by atoms with E-state index in [0.717, 1.165) is 5.56 Å². The molecule has 1 rings (SSSR count). The maximum absolute atomic E-state index is 13.0. The van der Waals surface area contributed by atoms with E-state index in [0.29, 0.717) is 65.3 Å². The number of methoxy groups -OCH3 is 1. The van der Waals surface area contributed by atoms with E-state index < -0.39 is 48.4 Å². The fourth-order valence-corrected chi connectivity index (χ4v) is 4.86. The van der Waals surface area contributed by atoms with E-state index >= 15 is 0 Å². The highest BCUT2D eigenvalue weighted by atomic mass is 16.5. The number of unbranched alkanes of at least 4 members (excludes halogenated alkanes) is 1. The summed E-state index contributed by atoms with van der Waals surface area (Å²) in [4.78, 5) is 74.0. The molecule has 0 saturated heterocycles. The molecule has 0 heterocycles. The lowest BCUT2D eigenvalue weighted by atomic mass is 10.0. The van der Waals surface area contributed by atoms with Gasteiger partial charge in [-0.15, -0.1) is 0 Å². The number of ketones is 3. The van der Waals surface area contributed by atoms with Gasteiger partial charge < -0.3 is 61.3 Å². The van der Waals surface area contributed by atoms with Crippen molar-refractivity contribution in [3.05, 3.63) is 29.8 Å². The zero-order valence-electron chi connectivity index (χ0n) is 32.6. The summed E-state index contributed by atoms with van der Waals surface area (Å²) in [5, 5.41) is 29.6. The van der Waals surface area contributed by atoms with Crippen molar-refractivity contribution in [2.24, 2.45) is 11.5 Å². The number of phenolic OH excluding ortho intramolecular Hbond substituents is 1. The number of carbonyl (C=O) groups is 6. The van der Waals surface area contributed by atoms with E-state index in [1.165, 1.54) is 19.1 Å². The summed E-state index contributed by atoms with van der Waals surface area (Å²) < 4.78 is 26.2. The minimum Gasteiger partial charge on any atom is -0.508 e. The molecule has 1 aromatic rings. The van der Waals surface area contributed by atoms with Crippen LogP contribution in [0.3, 0.4) is 0 Å². The van der Waals surface area contributed by atoms with Crippen molar-refractivity contribution in [3.8, 4) is 5.75 Å². The van der Waals surface area contributed by atoms with Crippen LogP contribution >= 0.6 is 0 Å². The molecule has 19 nitrogen and oxygen atoms in total. The maximum atomic E-state index is 13.0. The molecule has 0 bridgehead atoms. The number of amides is 3. The Bertz CT molecular complexity index is 1300. The van der Waals surface area contributed by atoms with E-state index in [1.807, 2.05) is 0 Å². The highest BCUT2D eigenvalue weighted by Crippen LogP contribution is 2.11. The zero-order valence-corrected chi connectivity index (χ0v) is 32.6. The first-order valence-electron chi connectivity index (χ1n) is 18.7. The van der Waals surface area contributed by atoms with Gasteiger partial charge in [0.15, 0.2) is 17.3 Å². The van der Waals surface area contributed by atoms with Crippen LogP contribution in [0, 0.1) is 0 Å². The van der Waals surface area contributed by atoms with Crippen LogP contribution < -0.4 is 32.7 Å². The Morgan fingerprint density at radius 1 is 0.768 bits per heavy atom. The van der Waals surface area contributed by atoms with E-state index in [1.54, 1.807) is 19.2 Å². The second-order valence-corrected chi connectivity index (χ2v) is 12.9. The number of aliphatic hydroxyl groups is 1. The van der Waals surface area contributed by atoms with Crippen molar-refractivity contribution < 1.29 is 62.7 Å². The van der Waals surface area contributed by atoms with Crippen molar-refractivity contribution in [1.82, 2.24) is 21.3 Å². The molecule has 19 heteroatoms. The average molecular weight is 799 g/mol. The van der Waals surface area contributed by atoms with Gasteiger partial charge in [0.2, 0.25) is 17.7 Å². The summed E-state index contributed by atoms with van der Waals surface area (Å²) in [5.41, 5.74) is 12.0. The number of aliphatic hydroxyl groups excluding tert-OH is 1. The molecule has 0 fully saturated rings. The molecule has 4 atom stereocenters. The van der Waals surface area contributed by atoms with E-state index in [9.17, 15) is 39.0 Å². The van der Waals surface area contributed by atoms with Gasteiger partial charge in [-0.2, -0.15) is 0 Å². The predicted octanol–water partition coefficient (Wildman–Crippen LogP) is -2.35. The molecule has 0 aliphatic heterocycles. The van der Waals surface area contributed by atoms with Crippen molar-refractivity contribution in [2.75, 3.05) is 92.8 Å². The number of nitrogens with two attached hydrogens (primary N) is 2. The number of primary amides is 1. The summed E-state index contributed by atoms with van der Waals surface area (Å²) in [6.07, 6.45) is 2.30. The largest absolute Gasteiger partial charge is 0.508 e. The van der Waals surface area contributed by atoms with Gasteiger partial charge in [-0.3, -0.25) is 34.1 Å². The van der Waals surface area contributed by atoms with Crippen LogP contribution in [0.25, 0.3) is 0 Å². The van der Waals surface area contributed by atoms with Crippen LogP contribution in [0.15, 0.2) is 24.3 Å². The number of carbonyl (C=O) groups excluding carboxylic acids is 6. The summed E-state index contributed by atoms with van der Waals surface area (Å²) in [7, 11) is 1.59. The fraction of sp³-hybridized carbons (Fsp3) is 0.676. The molecule has 0 radical (unpaired) electrons. The van der Waals surface area contributed by atoms with Gasteiger partial charge in [-0.05, 0) is 56.7 Å². The Balaban J connectivity index is 2.36. The standard InChI is InChI=1S/C37H62N6O13/c1-26(43-37(51)30(38)20-27-8-10-28(45)11-9-27)33(47)21-41-31(34(48)22-42-32(23-44)36(39)50)7-3-4-12-40-35(49)25-56-19-16-53-13-5-6-29(46)24-55-18-17-54-15-14-52-2/h8-11,26,30-32,41-42,44-45H,3-7,12-25,38H2,1-2H3,(H2,39,50)(H,40,49)(H,43,51)/t26-,30+,31+,32+/m1/s1. The first kappa shape index (κ1) is 50.1. The molecule has 56 heavy (non-hydrogen) atoms. The van der Waals surface area contributed by atoms with Gasteiger partial charge in [0, 0.05) is 26.7 Å². The Kier molecular flexibility index (Phi) is 27.9. The summed E-state index contributed by atoms with van der Waals surface area (Å²) in [6, 6.07) is 2.42. The topological polar surface area (TPSA) is 289 Å². The summed E-state index contributed by atoms with van der Waals surface area (Å²) >= 11 is 0. The first-order valence-corrected chi connectivity index (χ1v) is 18.7. The Hall–Kier alpha value is -3.92. The third-order valence-electron chi connectivity index (χ3n) is 8.19. The third kappa shape index (κ3) is 24.6. The Labute approximate surface area is 328 Å².